The Kier molecular flexibility index (Phi) is 3.05. The lowest BCUT2D eigenvalue weighted by Crippen LogP contribution is -2.27. The minimum absolute atomic E-state index is 0.917. The lowest BCUT2D eigenvalue weighted by molar-refractivity contribution is 0.326. The Morgan fingerprint density at radius 1 is 1.18 bits per heavy atom. The molecule has 0 atom stereocenters. The second kappa shape index (κ2) is 4.84. The first kappa shape index (κ1) is 10.7. The van der Waals surface area contributed by atoms with Gasteiger partial charge in [0.25, 0.3) is 0 Å². The normalized spacial score (nSPS) is 18.9. The van der Waals surface area contributed by atoms with Crippen molar-refractivity contribution in [2.24, 2.45) is 4.99 Å². The Balaban J connectivity index is 1.60. The van der Waals surface area contributed by atoms with Gasteiger partial charge in [-0.25, -0.2) is 0 Å². The van der Waals surface area contributed by atoms with Crippen LogP contribution in [-0.2, 0) is 6.54 Å². The summed E-state index contributed by atoms with van der Waals surface area (Å²) in [6, 6.07) is 10.6. The van der Waals surface area contributed by atoms with Crippen molar-refractivity contribution < 1.29 is 0 Å². The van der Waals surface area contributed by atoms with Gasteiger partial charge in [-0.15, -0.1) is 0 Å². The van der Waals surface area contributed by atoms with Crippen LogP contribution in [0.15, 0.2) is 47.7 Å². The van der Waals surface area contributed by atoms with Crippen LogP contribution < -0.4 is 0 Å². The molecule has 17 heavy (non-hydrogen) atoms. The van der Waals surface area contributed by atoms with Crippen molar-refractivity contribution in [3.05, 3.63) is 48.3 Å². The van der Waals surface area contributed by atoms with E-state index in [-0.39, 0.29) is 0 Å². The molecule has 0 bridgehead atoms. The molecule has 0 N–H and O–H groups in total. The number of nitrogens with zero attached hydrogens (tertiary/aromatic N) is 3. The monoisotopic (exact) mass is 245 g/mol. The average Bonchev–Trinajstić information content (AvgIpc) is 3.00. The summed E-state index contributed by atoms with van der Waals surface area (Å²) in [7, 11) is 0. The van der Waals surface area contributed by atoms with Crippen LogP contribution in [0, 0.1) is 0 Å². The summed E-state index contributed by atoms with van der Waals surface area (Å²) in [4.78, 5) is 9.01. The number of hydrogen-bond donors (Lipinski definition) is 0. The molecule has 0 amide bonds. The Morgan fingerprint density at radius 3 is 2.82 bits per heavy atom. The molecule has 4 heteroatoms. The summed E-state index contributed by atoms with van der Waals surface area (Å²) in [5, 5.41) is 1.16. The van der Waals surface area contributed by atoms with Crippen LogP contribution in [0.1, 0.15) is 5.56 Å². The highest BCUT2D eigenvalue weighted by Gasteiger charge is 2.19. The van der Waals surface area contributed by atoms with Crippen molar-refractivity contribution in [2.75, 3.05) is 19.0 Å². The molecule has 88 valence electrons. The molecule has 2 heterocycles. The van der Waals surface area contributed by atoms with E-state index in [4.69, 9.17) is 0 Å². The predicted octanol–water partition coefficient (Wildman–Crippen LogP) is 2.34. The molecule has 0 radical (unpaired) electrons. The van der Waals surface area contributed by atoms with E-state index in [0.717, 1.165) is 30.7 Å². The lowest BCUT2D eigenvalue weighted by Gasteiger charge is -2.20. The molecular formula is C13H15N3S. The summed E-state index contributed by atoms with van der Waals surface area (Å²) >= 11 is 1.85. The van der Waals surface area contributed by atoms with Crippen molar-refractivity contribution in [2.45, 2.75) is 6.54 Å². The van der Waals surface area contributed by atoms with Gasteiger partial charge in [-0.3, -0.25) is 4.99 Å². The Bertz CT molecular complexity index is 441. The molecule has 3 rings (SSSR count). The molecule has 0 aliphatic carbocycles. The van der Waals surface area contributed by atoms with E-state index in [9.17, 15) is 0 Å². The predicted molar refractivity (Wildman–Crippen MR) is 72.6 cm³/mol. The first-order valence-electron chi connectivity index (χ1n) is 5.82. The summed E-state index contributed by atoms with van der Waals surface area (Å²) in [5.41, 5.74) is 1.35. The maximum atomic E-state index is 4.49. The fourth-order valence-corrected chi connectivity index (χ4v) is 2.84. The van der Waals surface area contributed by atoms with Gasteiger partial charge in [-0.1, -0.05) is 42.1 Å². The number of aliphatic imine (C=N–C) groups is 1. The third-order valence-electron chi connectivity index (χ3n) is 2.84. The minimum Gasteiger partial charge on any atom is -0.354 e. The summed E-state index contributed by atoms with van der Waals surface area (Å²) in [5.74, 6) is 1.12. The fourth-order valence-electron chi connectivity index (χ4n) is 2.01. The van der Waals surface area contributed by atoms with E-state index in [2.05, 4.69) is 57.5 Å². The zero-order chi connectivity index (χ0) is 11.5. The topological polar surface area (TPSA) is 18.8 Å². The standard InChI is InChI=1S/C13H15N3S/c1-2-4-12(5-3-1)10-15-7-8-16(11-15)13-14-6-9-17-13/h1-5,7-8H,6,9-11H2. The molecule has 0 saturated heterocycles. The minimum atomic E-state index is 0.917. The molecular weight excluding hydrogens is 230 g/mol. The van der Waals surface area contributed by atoms with E-state index < -0.39 is 0 Å². The Hall–Kier alpha value is -1.42. The van der Waals surface area contributed by atoms with Crippen molar-refractivity contribution >= 4 is 16.9 Å². The van der Waals surface area contributed by atoms with Gasteiger partial charge >= 0.3 is 0 Å². The van der Waals surface area contributed by atoms with Crippen molar-refractivity contribution in [1.29, 1.82) is 0 Å². The summed E-state index contributed by atoms with van der Waals surface area (Å²) in [6.07, 6.45) is 4.27. The zero-order valence-electron chi connectivity index (χ0n) is 9.62. The smallest absolute Gasteiger partial charge is 0.164 e. The van der Waals surface area contributed by atoms with Gasteiger partial charge in [-0.05, 0) is 5.56 Å². The number of rotatable bonds is 2. The largest absolute Gasteiger partial charge is 0.354 e. The highest BCUT2D eigenvalue weighted by molar-refractivity contribution is 8.14. The fraction of sp³-hybridized carbons (Fsp3) is 0.308. The van der Waals surface area contributed by atoms with Crippen molar-refractivity contribution in [3.63, 3.8) is 0 Å². The molecule has 1 aromatic carbocycles. The molecule has 0 spiro atoms. The zero-order valence-corrected chi connectivity index (χ0v) is 10.4. The van der Waals surface area contributed by atoms with Crippen molar-refractivity contribution in [1.82, 2.24) is 9.80 Å². The highest BCUT2D eigenvalue weighted by atomic mass is 32.2. The molecule has 1 aromatic rings. The van der Waals surface area contributed by atoms with E-state index in [1.807, 2.05) is 11.8 Å². The number of thioether (sulfide) groups is 1. The second-order valence-electron chi connectivity index (χ2n) is 4.15. The SMILES string of the molecule is C1=CN(C2=NCCS2)CN1Cc1ccccc1. The second-order valence-corrected chi connectivity index (χ2v) is 5.22. The van der Waals surface area contributed by atoms with Crippen LogP contribution in [0.3, 0.4) is 0 Å². The van der Waals surface area contributed by atoms with Gasteiger partial charge in [0.2, 0.25) is 0 Å². The first-order valence-corrected chi connectivity index (χ1v) is 6.80. The van der Waals surface area contributed by atoms with Crippen LogP contribution in [-0.4, -0.2) is 33.9 Å². The van der Waals surface area contributed by atoms with Gasteiger partial charge in [0.15, 0.2) is 5.17 Å². The molecule has 0 fully saturated rings. The average molecular weight is 245 g/mol. The summed E-state index contributed by atoms with van der Waals surface area (Å²) in [6.45, 7) is 2.84. The first-order chi connectivity index (χ1) is 8.42. The third-order valence-corrected chi connectivity index (χ3v) is 3.84. The van der Waals surface area contributed by atoms with Gasteiger partial charge in [0.1, 0.15) is 0 Å². The van der Waals surface area contributed by atoms with Gasteiger partial charge in [-0.2, -0.15) is 0 Å². The van der Waals surface area contributed by atoms with Crippen molar-refractivity contribution in [3.8, 4) is 0 Å². The maximum absolute atomic E-state index is 4.49. The lowest BCUT2D eigenvalue weighted by atomic mass is 10.2. The maximum Gasteiger partial charge on any atom is 0.164 e. The van der Waals surface area contributed by atoms with Crippen LogP contribution in [0.2, 0.25) is 0 Å². The van der Waals surface area contributed by atoms with E-state index in [0.29, 0.717) is 0 Å². The summed E-state index contributed by atoms with van der Waals surface area (Å²) < 4.78 is 0. The van der Waals surface area contributed by atoms with E-state index in [1.165, 1.54) is 5.56 Å². The Labute approximate surface area is 106 Å². The molecule has 0 aromatic heterocycles. The van der Waals surface area contributed by atoms with Crippen LogP contribution in [0.25, 0.3) is 0 Å². The number of amidine groups is 1. The third kappa shape index (κ3) is 2.47. The van der Waals surface area contributed by atoms with Crippen LogP contribution >= 0.6 is 11.8 Å². The van der Waals surface area contributed by atoms with E-state index >= 15 is 0 Å². The number of hydrogen-bond acceptors (Lipinski definition) is 4. The van der Waals surface area contributed by atoms with Crippen LogP contribution in [0.5, 0.6) is 0 Å². The molecule has 3 nitrogen and oxygen atoms in total. The molecule has 2 aliphatic rings. The van der Waals surface area contributed by atoms with Crippen LogP contribution in [0.4, 0.5) is 0 Å². The molecule has 2 aliphatic heterocycles. The van der Waals surface area contributed by atoms with Gasteiger partial charge in [0.05, 0.1) is 13.2 Å². The number of benzene rings is 1. The quantitative estimate of drug-likeness (QED) is 0.797. The molecule has 0 saturated carbocycles. The van der Waals surface area contributed by atoms with E-state index in [1.54, 1.807) is 0 Å². The van der Waals surface area contributed by atoms with Gasteiger partial charge in [0, 0.05) is 24.7 Å². The van der Waals surface area contributed by atoms with Gasteiger partial charge < -0.3 is 9.80 Å². The highest BCUT2D eigenvalue weighted by Crippen LogP contribution is 2.20. The Morgan fingerprint density at radius 2 is 2.06 bits per heavy atom. The molecule has 0 unspecified atom stereocenters.